The molecule has 1 atom stereocenters. The number of hydrogen-bond donors (Lipinski definition) is 1. The second kappa shape index (κ2) is 5.38. The predicted molar refractivity (Wildman–Crippen MR) is 58.6 cm³/mol. The Labute approximate surface area is 93.7 Å². The van der Waals surface area contributed by atoms with Crippen molar-refractivity contribution < 1.29 is 4.79 Å². The van der Waals surface area contributed by atoms with E-state index in [0.717, 1.165) is 0 Å². The van der Waals surface area contributed by atoms with Gasteiger partial charge in [0.25, 0.3) is 5.91 Å². The van der Waals surface area contributed by atoms with Gasteiger partial charge in [0.15, 0.2) is 0 Å². The summed E-state index contributed by atoms with van der Waals surface area (Å²) in [5.74, 6) is -0.396. The quantitative estimate of drug-likeness (QED) is 0.853. The summed E-state index contributed by atoms with van der Waals surface area (Å²) in [5.41, 5.74) is 0.507. The molecule has 0 fully saturated rings. The highest BCUT2D eigenvalue weighted by Gasteiger charge is 2.07. The standard InChI is InChI=1S/C11H11ClN2O/c1-8(6-13)7-14-11(15)9-3-2-4-10(12)5-9/h2-5,8H,7H2,1H3,(H,14,15). The third-order valence-corrected chi connectivity index (χ3v) is 2.11. The zero-order valence-electron chi connectivity index (χ0n) is 8.33. The molecular formula is C11H11ClN2O. The molecule has 1 aromatic carbocycles. The van der Waals surface area contributed by atoms with E-state index in [2.05, 4.69) is 5.32 Å². The lowest BCUT2D eigenvalue weighted by molar-refractivity contribution is 0.0951. The molecule has 1 rings (SSSR count). The highest BCUT2D eigenvalue weighted by atomic mass is 35.5. The van der Waals surface area contributed by atoms with Crippen molar-refractivity contribution in [2.45, 2.75) is 6.92 Å². The molecule has 1 amide bonds. The molecule has 0 spiro atoms. The van der Waals surface area contributed by atoms with Gasteiger partial charge in [-0.2, -0.15) is 5.26 Å². The van der Waals surface area contributed by atoms with Gasteiger partial charge in [-0.3, -0.25) is 4.79 Å². The highest BCUT2D eigenvalue weighted by Crippen LogP contribution is 2.10. The van der Waals surface area contributed by atoms with Crippen LogP contribution < -0.4 is 5.32 Å². The van der Waals surface area contributed by atoms with E-state index in [1.807, 2.05) is 6.07 Å². The number of carbonyl (C=O) groups is 1. The van der Waals surface area contributed by atoms with Crippen LogP contribution in [0.25, 0.3) is 0 Å². The molecule has 0 aliphatic rings. The van der Waals surface area contributed by atoms with Crippen LogP contribution in [0.3, 0.4) is 0 Å². The Bertz CT molecular complexity index is 398. The van der Waals surface area contributed by atoms with Gasteiger partial charge < -0.3 is 5.32 Å². The minimum absolute atomic E-state index is 0.187. The third-order valence-electron chi connectivity index (χ3n) is 1.88. The van der Waals surface area contributed by atoms with Gasteiger partial charge in [-0.05, 0) is 25.1 Å². The zero-order valence-corrected chi connectivity index (χ0v) is 9.08. The van der Waals surface area contributed by atoms with Crippen molar-refractivity contribution in [1.82, 2.24) is 5.32 Å². The summed E-state index contributed by atoms with van der Waals surface area (Å²) in [7, 11) is 0. The van der Waals surface area contributed by atoms with Crippen LogP contribution in [0.15, 0.2) is 24.3 Å². The molecule has 78 valence electrons. The maximum absolute atomic E-state index is 11.5. The number of benzene rings is 1. The van der Waals surface area contributed by atoms with E-state index in [-0.39, 0.29) is 11.8 Å². The van der Waals surface area contributed by atoms with Crippen molar-refractivity contribution in [2.24, 2.45) is 5.92 Å². The molecule has 4 heteroatoms. The number of amides is 1. The summed E-state index contributed by atoms with van der Waals surface area (Å²) in [4.78, 5) is 11.5. The minimum atomic E-state index is -0.209. The first-order valence-electron chi connectivity index (χ1n) is 4.57. The molecule has 3 nitrogen and oxygen atoms in total. The summed E-state index contributed by atoms with van der Waals surface area (Å²) in [6.07, 6.45) is 0. The SMILES string of the molecule is CC(C#N)CNC(=O)c1cccc(Cl)c1. The van der Waals surface area contributed by atoms with E-state index in [1.165, 1.54) is 0 Å². The van der Waals surface area contributed by atoms with Crippen LogP contribution in [-0.2, 0) is 0 Å². The summed E-state index contributed by atoms with van der Waals surface area (Å²) in [5, 5.41) is 11.7. The van der Waals surface area contributed by atoms with Gasteiger partial charge in [0.05, 0.1) is 12.0 Å². The molecule has 0 radical (unpaired) electrons. The van der Waals surface area contributed by atoms with Crippen LogP contribution in [0.2, 0.25) is 5.02 Å². The predicted octanol–water partition coefficient (Wildman–Crippen LogP) is 2.23. The second-order valence-corrected chi connectivity index (χ2v) is 3.69. The summed E-state index contributed by atoms with van der Waals surface area (Å²) in [6.45, 7) is 2.10. The fraction of sp³-hybridized carbons (Fsp3) is 0.273. The second-order valence-electron chi connectivity index (χ2n) is 3.25. The van der Waals surface area contributed by atoms with Crippen molar-refractivity contribution in [2.75, 3.05) is 6.54 Å². The van der Waals surface area contributed by atoms with Gasteiger partial charge in [-0.25, -0.2) is 0 Å². The molecule has 1 unspecified atom stereocenters. The lowest BCUT2D eigenvalue weighted by atomic mass is 10.2. The van der Waals surface area contributed by atoms with E-state index in [9.17, 15) is 4.79 Å². The molecule has 0 aliphatic heterocycles. The Morgan fingerprint density at radius 1 is 1.67 bits per heavy atom. The first-order valence-corrected chi connectivity index (χ1v) is 4.94. The Kier molecular flexibility index (Phi) is 4.14. The molecule has 0 bridgehead atoms. The number of carbonyl (C=O) groups excluding carboxylic acids is 1. The Morgan fingerprint density at radius 3 is 3.00 bits per heavy atom. The van der Waals surface area contributed by atoms with Gasteiger partial charge in [-0.1, -0.05) is 17.7 Å². The normalized spacial score (nSPS) is 11.5. The topological polar surface area (TPSA) is 52.9 Å². The fourth-order valence-electron chi connectivity index (χ4n) is 1.02. The lowest BCUT2D eigenvalue weighted by Gasteiger charge is -2.06. The van der Waals surface area contributed by atoms with Gasteiger partial charge in [0.1, 0.15) is 0 Å². The minimum Gasteiger partial charge on any atom is -0.351 e. The first kappa shape index (κ1) is 11.5. The van der Waals surface area contributed by atoms with Gasteiger partial charge in [0.2, 0.25) is 0 Å². The van der Waals surface area contributed by atoms with E-state index >= 15 is 0 Å². The Balaban J connectivity index is 2.59. The number of halogens is 1. The molecule has 1 aromatic rings. The van der Waals surface area contributed by atoms with Crippen LogP contribution in [0, 0.1) is 17.2 Å². The average Bonchev–Trinajstić information content (AvgIpc) is 2.25. The van der Waals surface area contributed by atoms with Crippen LogP contribution in [0.5, 0.6) is 0 Å². The van der Waals surface area contributed by atoms with Crippen molar-refractivity contribution in [3.05, 3.63) is 34.9 Å². The number of rotatable bonds is 3. The first-order chi connectivity index (χ1) is 7.13. The smallest absolute Gasteiger partial charge is 0.251 e. The maximum Gasteiger partial charge on any atom is 0.251 e. The van der Waals surface area contributed by atoms with E-state index < -0.39 is 0 Å². The van der Waals surface area contributed by atoms with E-state index in [1.54, 1.807) is 31.2 Å². The maximum atomic E-state index is 11.5. The van der Waals surface area contributed by atoms with E-state index in [0.29, 0.717) is 17.1 Å². The largest absolute Gasteiger partial charge is 0.351 e. The monoisotopic (exact) mass is 222 g/mol. The van der Waals surface area contributed by atoms with Crippen molar-refractivity contribution in [1.29, 1.82) is 5.26 Å². The molecule has 0 saturated heterocycles. The lowest BCUT2D eigenvalue weighted by Crippen LogP contribution is -2.27. The molecule has 1 N–H and O–H groups in total. The third kappa shape index (κ3) is 3.61. The van der Waals surface area contributed by atoms with Crippen molar-refractivity contribution >= 4 is 17.5 Å². The zero-order chi connectivity index (χ0) is 11.3. The van der Waals surface area contributed by atoms with Gasteiger partial charge >= 0.3 is 0 Å². The summed E-state index contributed by atoms with van der Waals surface area (Å²) >= 11 is 5.75. The van der Waals surface area contributed by atoms with Crippen LogP contribution in [-0.4, -0.2) is 12.5 Å². The highest BCUT2D eigenvalue weighted by molar-refractivity contribution is 6.30. The van der Waals surface area contributed by atoms with Crippen molar-refractivity contribution in [3.63, 3.8) is 0 Å². The molecular weight excluding hydrogens is 212 g/mol. The molecule has 0 aliphatic carbocycles. The number of nitrogens with zero attached hydrogens (tertiary/aromatic N) is 1. The van der Waals surface area contributed by atoms with Crippen LogP contribution in [0.4, 0.5) is 0 Å². The molecule has 0 aromatic heterocycles. The number of nitrogens with one attached hydrogen (secondary N) is 1. The molecule has 0 heterocycles. The van der Waals surface area contributed by atoms with E-state index in [4.69, 9.17) is 16.9 Å². The Morgan fingerprint density at radius 2 is 2.40 bits per heavy atom. The van der Waals surface area contributed by atoms with Crippen LogP contribution in [0.1, 0.15) is 17.3 Å². The Hall–Kier alpha value is -1.53. The average molecular weight is 223 g/mol. The number of hydrogen-bond acceptors (Lipinski definition) is 2. The molecule has 15 heavy (non-hydrogen) atoms. The number of nitriles is 1. The van der Waals surface area contributed by atoms with Gasteiger partial charge in [0, 0.05) is 17.1 Å². The molecule has 0 saturated carbocycles. The van der Waals surface area contributed by atoms with Crippen LogP contribution >= 0.6 is 11.6 Å². The van der Waals surface area contributed by atoms with Gasteiger partial charge in [-0.15, -0.1) is 0 Å². The fourth-order valence-corrected chi connectivity index (χ4v) is 1.21. The van der Waals surface area contributed by atoms with Crippen molar-refractivity contribution in [3.8, 4) is 6.07 Å². The summed E-state index contributed by atoms with van der Waals surface area (Å²) < 4.78 is 0. The summed E-state index contributed by atoms with van der Waals surface area (Å²) in [6, 6.07) is 8.73.